The molecule has 1 fully saturated rings. The molecular weight excluding hydrogens is 340 g/mol. The van der Waals surface area contributed by atoms with E-state index in [2.05, 4.69) is 27.5 Å². The fourth-order valence-electron chi connectivity index (χ4n) is 3.62. The SMILES string of the molecule is COc1cccc(Nc2nc(N3CCN(C)CC3)nc3c2CCNCC3)c1. The Hall–Kier alpha value is -2.38. The number of hydrogen-bond acceptors (Lipinski definition) is 7. The Bertz CT molecular complexity index is 788. The van der Waals surface area contributed by atoms with Crippen molar-refractivity contribution in [2.24, 2.45) is 0 Å². The fraction of sp³-hybridized carbons (Fsp3) is 0.500. The van der Waals surface area contributed by atoms with Crippen molar-refractivity contribution in [3.8, 4) is 5.75 Å². The number of likely N-dealkylation sites (N-methyl/N-ethyl adjacent to an activating group) is 1. The molecule has 27 heavy (non-hydrogen) atoms. The molecule has 7 heteroatoms. The highest BCUT2D eigenvalue weighted by molar-refractivity contribution is 5.63. The lowest BCUT2D eigenvalue weighted by molar-refractivity contribution is 0.311. The second-order valence-corrected chi connectivity index (χ2v) is 7.19. The molecule has 0 bridgehead atoms. The quantitative estimate of drug-likeness (QED) is 0.851. The molecule has 0 radical (unpaired) electrons. The molecule has 1 aromatic heterocycles. The molecule has 0 unspecified atom stereocenters. The minimum Gasteiger partial charge on any atom is -0.497 e. The minimum absolute atomic E-state index is 0.834. The van der Waals surface area contributed by atoms with Gasteiger partial charge in [0, 0.05) is 56.5 Å². The van der Waals surface area contributed by atoms with Gasteiger partial charge < -0.3 is 25.2 Å². The van der Waals surface area contributed by atoms with Gasteiger partial charge in [-0.05, 0) is 32.1 Å². The summed E-state index contributed by atoms with van der Waals surface area (Å²) in [4.78, 5) is 14.5. The van der Waals surface area contributed by atoms with Gasteiger partial charge in [-0.3, -0.25) is 0 Å². The molecule has 0 spiro atoms. The highest BCUT2D eigenvalue weighted by Crippen LogP contribution is 2.27. The van der Waals surface area contributed by atoms with Crippen molar-refractivity contribution in [3.05, 3.63) is 35.5 Å². The summed E-state index contributed by atoms with van der Waals surface area (Å²) in [5.41, 5.74) is 3.37. The average Bonchev–Trinajstić information content (AvgIpc) is 2.94. The van der Waals surface area contributed by atoms with Crippen molar-refractivity contribution >= 4 is 17.5 Å². The number of benzene rings is 1. The largest absolute Gasteiger partial charge is 0.497 e. The van der Waals surface area contributed by atoms with Crippen LogP contribution in [0.15, 0.2) is 24.3 Å². The summed E-state index contributed by atoms with van der Waals surface area (Å²) in [5, 5.41) is 7.00. The Morgan fingerprint density at radius 1 is 1.07 bits per heavy atom. The van der Waals surface area contributed by atoms with Crippen molar-refractivity contribution in [1.82, 2.24) is 20.2 Å². The monoisotopic (exact) mass is 368 g/mol. The summed E-state index contributed by atoms with van der Waals surface area (Å²) in [5.74, 6) is 2.60. The molecule has 2 N–H and O–H groups in total. The van der Waals surface area contributed by atoms with E-state index in [1.165, 1.54) is 5.56 Å². The average molecular weight is 368 g/mol. The summed E-state index contributed by atoms with van der Waals surface area (Å²) in [6.07, 6.45) is 1.87. The van der Waals surface area contributed by atoms with Gasteiger partial charge in [0.15, 0.2) is 0 Å². The van der Waals surface area contributed by atoms with Gasteiger partial charge >= 0.3 is 0 Å². The minimum atomic E-state index is 0.834. The maximum Gasteiger partial charge on any atom is 0.227 e. The number of nitrogens with zero attached hydrogens (tertiary/aromatic N) is 4. The van der Waals surface area contributed by atoms with E-state index in [9.17, 15) is 0 Å². The summed E-state index contributed by atoms with van der Waals surface area (Å²) in [6, 6.07) is 7.98. The van der Waals surface area contributed by atoms with E-state index in [4.69, 9.17) is 14.7 Å². The molecule has 7 nitrogen and oxygen atoms in total. The van der Waals surface area contributed by atoms with E-state index in [1.54, 1.807) is 7.11 Å². The van der Waals surface area contributed by atoms with Crippen molar-refractivity contribution in [2.45, 2.75) is 12.8 Å². The van der Waals surface area contributed by atoms with Crippen molar-refractivity contribution < 1.29 is 4.74 Å². The summed E-state index contributed by atoms with van der Waals surface area (Å²) >= 11 is 0. The van der Waals surface area contributed by atoms with E-state index >= 15 is 0 Å². The third-order valence-electron chi connectivity index (χ3n) is 5.29. The van der Waals surface area contributed by atoms with Crippen LogP contribution in [-0.4, -0.2) is 68.3 Å². The van der Waals surface area contributed by atoms with Crippen molar-refractivity contribution in [2.75, 3.05) is 63.6 Å². The molecule has 2 aliphatic rings. The number of piperazine rings is 1. The highest BCUT2D eigenvalue weighted by Gasteiger charge is 2.22. The normalized spacial score (nSPS) is 17.9. The van der Waals surface area contributed by atoms with Crippen LogP contribution in [-0.2, 0) is 12.8 Å². The van der Waals surface area contributed by atoms with Crippen LogP contribution in [0.2, 0.25) is 0 Å². The van der Waals surface area contributed by atoms with Gasteiger partial charge in [-0.2, -0.15) is 4.98 Å². The van der Waals surface area contributed by atoms with E-state index < -0.39 is 0 Å². The molecular formula is C20H28N6O. The van der Waals surface area contributed by atoms with Crippen LogP contribution >= 0.6 is 0 Å². The first-order chi connectivity index (χ1) is 13.2. The lowest BCUT2D eigenvalue weighted by Gasteiger charge is -2.33. The third-order valence-corrected chi connectivity index (χ3v) is 5.29. The standard InChI is InChI=1S/C20H28N6O/c1-25-10-12-26(13-11-25)20-23-18-7-9-21-8-6-17(18)19(24-20)22-15-4-3-5-16(14-15)27-2/h3-5,14,21H,6-13H2,1-2H3,(H,22,23,24). The zero-order chi connectivity index (χ0) is 18.6. The summed E-state index contributed by atoms with van der Waals surface area (Å²) in [6.45, 7) is 5.93. The zero-order valence-corrected chi connectivity index (χ0v) is 16.2. The van der Waals surface area contributed by atoms with Gasteiger partial charge in [0.1, 0.15) is 11.6 Å². The molecule has 3 heterocycles. The molecule has 1 saturated heterocycles. The first-order valence-electron chi connectivity index (χ1n) is 9.68. The zero-order valence-electron chi connectivity index (χ0n) is 16.2. The van der Waals surface area contributed by atoms with Gasteiger partial charge in [0.25, 0.3) is 0 Å². The predicted molar refractivity (Wildman–Crippen MR) is 108 cm³/mol. The van der Waals surface area contributed by atoms with Crippen LogP contribution in [0.5, 0.6) is 5.75 Å². The number of rotatable bonds is 4. The van der Waals surface area contributed by atoms with E-state index in [-0.39, 0.29) is 0 Å². The maximum atomic E-state index is 5.36. The fourth-order valence-corrected chi connectivity index (χ4v) is 3.62. The first-order valence-corrected chi connectivity index (χ1v) is 9.68. The van der Waals surface area contributed by atoms with E-state index in [0.717, 1.165) is 81.0 Å². The molecule has 144 valence electrons. The molecule has 2 aliphatic heterocycles. The number of ether oxygens (including phenoxy) is 1. The van der Waals surface area contributed by atoms with Crippen LogP contribution in [0.25, 0.3) is 0 Å². The van der Waals surface area contributed by atoms with Gasteiger partial charge in [-0.1, -0.05) is 6.07 Å². The highest BCUT2D eigenvalue weighted by atomic mass is 16.5. The number of aromatic nitrogens is 2. The number of fused-ring (bicyclic) bond motifs is 1. The number of nitrogens with one attached hydrogen (secondary N) is 2. The first kappa shape index (κ1) is 18.0. The third kappa shape index (κ3) is 4.14. The number of hydrogen-bond donors (Lipinski definition) is 2. The Morgan fingerprint density at radius 3 is 2.70 bits per heavy atom. The summed E-state index contributed by atoms with van der Waals surface area (Å²) < 4.78 is 5.36. The van der Waals surface area contributed by atoms with Crippen LogP contribution in [0.4, 0.5) is 17.5 Å². The Kier molecular flexibility index (Phi) is 5.40. The van der Waals surface area contributed by atoms with E-state index in [0.29, 0.717) is 0 Å². The molecule has 0 atom stereocenters. The lowest BCUT2D eigenvalue weighted by atomic mass is 10.1. The van der Waals surface area contributed by atoms with Gasteiger partial charge in [0.05, 0.1) is 12.8 Å². The van der Waals surface area contributed by atoms with Crippen LogP contribution in [0.3, 0.4) is 0 Å². The Morgan fingerprint density at radius 2 is 1.89 bits per heavy atom. The van der Waals surface area contributed by atoms with E-state index in [1.807, 2.05) is 24.3 Å². The van der Waals surface area contributed by atoms with Crippen molar-refractivity contribution in [3.63, 3.8) is 0 Å². The van der Waals surface area contributed by atoms with Gasteiger partial charge in [-0.25, -0.2) is 4.98 Å². The number of anilines is 3. The topological polar surface area (TPSA) is 65.5 Å². The predicted octanol–water partition coefficient (Wildman–Crippen LogP) is 1.67. The van der Waals surface area contributed by atoms with Crippen LogP contribution in [0.1, 0.15) is 11.3 Å². The van der Waals surface area contributed by atoms with Gasteiger partial charge in [-0.15, -0.1) is 0 Å². The van der Waals surface area contributed by atoms with Crippen LogP contribution < -0.4 is 20.3 Å². The lowest BCUT2D eigenvalue weighted by Crippen LogP contribution is -2.45. The van der Waals surface area contributed by atoms with Gasteiger partial charge in [0.2, 0.25) is 5.95 Å². The van der Waals surface area contributed by atoms with Crippen molar-refractivity contribution in [1.29, 1.82) is 0 Å². The molecule has 1 aromatic carbocycles. The molecule has 0 aliphatic carbocycles. The second kappa shape index (κ2) is 8.10. The Balaban J connectivity index is 1.68. The molecule has 2 aromatic rings. The summed E-state index contributed by atoms with van der Waals surface area (Å²) in [7, 11) is 3.85. The number of methoxy groups -OCH3 is 1. The maximum absolute atomic E-state index is 5.36. The molecule has 4 rings (SSSR count). The smallest absolute Gasteiger partial charge is 0.227 e. The Labute approximate surface area is 160 Å². The molecule has 0 amide bonds. The van der Waals surface area contributed by atoms with Crippen LogP contribution in [0, 0.1) is 0 Å². The molecule has 0 saturated carbocycles. The second-order valence-electron chi connectivity index (χ2n) is 7.19.